The first-order chi connectivity index (χ1) is 17.3. The smallest absolute Gasteiger partial charge is 0.329 e. The van der Waals surface area contributed by atoms with Crippen LogP contribution in [0.2, 0.25) is 0 Å². The molecule has 4 rings (SSSR count). The molecule has 1 aliphatic rings. The highest BCUT2D eigenvalue weighted by Crippen LogP contribution is 2.29. The molecule has 0 atom stereocenters. The van der Waals surface area contributed by atoms with Gasteiger partial charge in [0.25, 0.3) is 0 Å². The van der Waals surface area contributed by atoms with Gasteiger partial charge in [0.15, 0.2) is 17.5 Å². The molecule has 1 fully saturated rings. The van der Waals surface area contributed by atoms with Crippen LogP contribution < -0.4 is 5.73 Å². The van der Waals surface area contributed by atoms with Crippen LogP contribution in [-0.2, 0) is 22.0 Å². The van der Waals surface area contributed by atoms with Crippen molar-refractivity contribution >= 4 is 17.5 Å². The average molecular weight is 504 g/mol. The number of nitrogens with two attached hydrogens (primary N) is 1. The highest BCUT2D eigenvalue weighted by atomic mass is 19.3. The molecule has 0 amide bonds. The van der Waals surface area contributed by atoms with Crippen LogP contribution in [0.15, 0.2) is 52.6 Å². The van der Waals surface area contributed by atoms with E-state index in [1.54, 1.807) is 25.3 Å². The second-order valence-corrected chi connectivity index (χ2v) is 8.35. The van der Waals surface area contributed by atoms with Crippen LogP contribution in [0.4, 0.5) is 19.0 Å². The zero-order valence-electron chi connectivity index (χ0n) is 19.8. The highest BCUT2D eigenvalue weighted by Gasteiger charge is 2.37. The number of alkyl halides is 2. The largest absolute Gasteiger partial charge is 0.382 e. The van der Waals surface area contributed by atoms with Gasteiger partial charge in [-0.2, -0.15) is 13.9 Å². The third-order valence-electron chi connectivity index (χ3n) is 5.58. The molecule has 36 heavy (non-hydrogen) atoms. The summed E-state index contributed by atoms with van der Waals surface area (Å²) < 4.78 is 54.2. The Morgan fingerprint density at radius 2 is 1.97 bits per heavy atom. The average Bonchev–Trinajstić information content (AvgIpc) is 3.51. The fourth-order valence-electron chi connectivity index (χ4n) is 3.57. The standard InChI is InChI=1S/C24H28F3N7O2/c1-16-12-21(33-32-16)30-22(31-23(28)24(26,27)18-2-4-19(25)5-3-18)20-13-17(14-29-20)15-36-11-8-34-6-9-35-10-7-34/h2-5,12-14,29H,6-11,15H2,1H3,(H3,28,30,31,32,33). The third-order valence-corrected chi connectivity index (χ3v) is 5.58. The van der Waals surface area contributed by atoms with Crippen molar-refractivity contribution in [1.29, 1.82) is 0 Å². The lowest BCUT2D eigenvalue weighted by molar-refractivity contribution is 0.0180. The predicted molar refractivity (Wildman–Crippen MR) is 129 cm³/mol. The number of nitrogens with zero attached hydrogens (tertiary/aromatic N) is 4. The van der Waals surface area contributed by atoms with Crippen LogP contribution in [0.3, 0.4) is 0 Å². The number of amidine groups is 2. The van der Waals surface area contributed by atoms with Gasteiger partial charge in [-0.25, -0.2) is 14.4 Å². The number of morpholine rings is 1. The molecule has 1 aliphatic heterocycles. The maximum Gasteiger partial charge on any atom is 0.329 e. The number of aromatic nitrogens is 3. The molecule has 0 spiro atoms. The Balaban J connectivity index is 1.51. The highest BCUT2D eigenvalue weighted by molar-refractivity contribution is 6.07. The third kappa shape index (κ3) is 6.59. The molecule has 0 unspecified atom stereocenters. The summed E-state index contributed by atoms with van der Waals surface area (Å²) in [5.74, 6) is -5.10. The van der Waals surface area contributed by atoms with Gasteiger partial charge in [-0.1, -0.05) is 0 Å². The Kier molecular flexibility index (Phi) is 8.18. The van der Waals surface area contributed by atoms with E-state index in [0.29, 0.717) is 18.9 Å². The number of nitrogens with one attached hydrogen (secondary N) is 2. The maximum absolute atomic E-state index is 15.0. The molecule has 0 bridgehead atoms. The van der Waals surface area contributed by atoms with Crippen molar-refractivity contribution in [3.8, 4) is 0 Å². The summed E-state index contributed by atoms with van der Waals surface area (Å²) in [4.78, 5) is 13.5. The number of benzene rings is 1. The van der Waals surface area contributed by atoms with E-state index in [1.165, 1.54) is 0 Å². The van der Waals surface area contributed by atoms with Crippen LogP contribution in [-0.4, -0.2) is 71.2 Å². The maximum atomic E-state index is 15.0. The number of H-pyrrole nitrogens is 2. The van der Waals surface area contributed by atoms with Crippen LogP contribution in [0.5, 0.6) is 0 Å². The monoisotopic (exact) mass is 503 g/mol. The van der Waals surface area contributed by atoms with Gasteiger partial charge >= 0.3 is 5.92 Å². The topological polar surface area (TPSA) is 117 Å². The van der Waals surface area contributed by atoms with Crippen molar-refractivity contribution in [3.05, 3.63) is 70.9 Å². The first kappa shape index (κ1) is 25.6. The van der Waals surface area contributed by atoms with E-state index in [4.69, 9.17) is 15.2 Å². The molecule has 3 aromatic rings. The lowest BCUT2D eigenvalue weighted by Crippen LogP contribution is -2.38. The molecule has 2 aromatic heterocycles. The molecular weight excluding hydrogens is 475 g/mol. The Bertz CT molecular complexity index is 1200. The molecule has 0 aliphatic carbocycles. The molecule has 3 heterocycles. The van der Waals surface area contributed by atoms with Gasteiger partial charge in [-0.05, 0) is 42.8 Å². The Hall–Kier alpha value is -3.48. The van der Waals surface area contributed by atoms with E-state index in [0.717, 1.165) is 68.4 Å². The zero-order chi connectivity index (χ0) is 25.5. The molecule has 1 saturated heterocycles. The second-order valence-electron chi connectivity index (χ2n) is 8.35. The summed E-state index contributed by atoms with van der Waals surface area (Å²) in [6, 6.07) is 7.16. The van der Waals surface area contributed by atoms with E-state index >= 15 is 0 Å². The fraction of sp³-hybridized carbons (Fsp3) is 0.375. The van der Waals surface area contributed by atoms with Crippen molar-refractivity contribution in [1.82, 2.24) is 20.1 Å². The molecule has 0 saturated carbocycles. The number of hydrogen-bond acceptors (Lipinski definition) is 5. The molecule has 12 heteroatoms. The number of aliphatic imine (C=N–C) groups is 2. The fourth-order valence-corrected chi connectivity index (χ4v) is 3.57. The first-order valence-electron chi connectivity index (χ1n) is 11.5. The zero-order valence-corrected chi connectivity index (χ0v) is 19.8. The number of aryl methyl sites for hydroxylation is 1. The van der Waals surface area contributed by atoms with Gasteiger partial charge in [-0.3, -0.25) is 10.00 Å². The Morgan fingerprint density at radius 3 is 2.67 bits per heavy atom. The lowest BCUT2D eigenvalue weighted by Gasteiger charge is -2.26. The number of aromatic amines is 2. The van der Waals surface area contributed by atoms with Crippen molar-refractivity contribution in [2.45, 2.75) is 19.5 Å². The Morgan fingerprint density at radius 1 is 1.22 bits per heavy atom. The molecular formula is C24H28F3N7O2. The molecule has 1 aromatic carbocycles. The second kappa shape index (κ2) is 11.5. The minimum atomic E-state index is -3.64. The van der Waals surface area contributed by atoms with Gasteiger partial charge in [0.2, 0.25) is 0 Å². The molecule has 0 radical (unpaired) electrons. The van der Waals surface area contributed by atoms with Crippen molar-refractivity contribution in [3.63, 3.8) is 0 Å². The quantitative estimate of drug-likeness (QED) is 0.235. The van der Waals surface area contributed by atoms with Crippen LogP contribution in [0.25, 0.3) is 0 Å². The molecule has 9 nitrogen and oxygen atoms in total. The number of halogens is 3. The van der Waals surface area contributed by atoms with Gasteiger partial charge in [0.05, 0.1) is 32.1 Å². The summed E-state index contributed by atoms with van der Waals surface area (Å²) in [5, 5.41) is 6.77. The normalized spacial score (nSPS) is 16.0. The van der Waals surface area contributed by atoms with Gasteiger partial charge in [0, 0.05) is 43.2 Å². The first-order valence-corrected chi connectivity index (χ1v) is 11.5. The van der Waals surface area contributed by atoms with Crippen molar-refractivity contribution in [2.24, 2.45) is 15.7 Å². The summed E-state index contributed by atoms with van der Waals surface area (Å²) in [6.07, 6.45) is 1.69. The summed E-state index contributed by atoms with van der Waals surface area (Å²) in [5.41, 5.74) is 7.14. The van der Waals surface area contributed by atoms with E-state index in [1.807, 2.05) is 0 Å². The van der Waals surface area contributed by atoms with E-state index in [9.17, 15) is 13.2 Å². The number of ether oxygens (including phenoxy) is 2. The molecule has 4 N–H and O–H groups in total. The number of rotatable bonds is 9. The van der Waals surface area contributed by atoms with Gasteiger partial charge in [-0.15, -0.1) is 0 Å². The minimum Gasteiger partial charge on any atom is -0.382 e. The summed E-state index contributed by atoms with van der Waals surface area (Å²) in [6.45, 7) is 6.66. The van der Waals surface area contributed by atoms with Crippen LogP contribution in [0.1, 0.15) is 22.5 Å². The van der Waals surface area contributed by atoms with Gasteiger partial charge in [0.1, 0.15) is 5.82 Å². The predicted octanol–water partition coefficient (Wildman–Crippen LogP) is 3.26. The minimum absolute atomic E-state index is 0.0830. The van der Waals surface area contributed by atoms with E-state index < -0.39 is 23.1 Å². The van der Waals surface area contributed by atoms with Gasteiger partial charge < -0.3 is 20.2 Å². The van der Waals surface area contributed by atoms with Crippen molar-refractivity contribution in [2.75, 3.05) is 39.5 Å². The van der Waals surface area contributed by atoms with Crippen LogP contribution >= 0.6 is 0 Å². The lowest BCUT2D eigenvalue weighted by atomic mass is 10.1. The van der Waals surface area contributed by atoms with E-state index in [-0.39, 0.29) is 11.7 Å². The summed E-state index contributed by atoms with van der Waals surface area (Å²) in [7, 11) is 0. The van der Waals surface area contributed by atoms with E-state index in [2.05, 4.69) is 30.1 Å². The number of hydrogen-bond donors (Lipinski definition) is 3. The Labute approximate surface area is 206 Å². The summed E-state index contributed by atoms with van der Waals surface area (Å²) >= 11 is 0. The van der Waals surface area contributed by atoms with Crippen LogP contribution in [0, 0.1) is 12.7 Å². The molecule has 192 valence electrons. The SMILES string of the molecule is Cc1cc(N=C(N=C(N)C(F)(F)c2ccc(F)cc2)c2cc(COCCN3CCOCC3)c[nH]2)n[nH]1. The van der Waals surface area contributed by atoms with Crippen molar-refractivity contribution < 1.29 is 22.6 Å².